The highest BCUT2D eigenvalue weighted by atomic mass is 32.2. The first-order valence-electron chi connectivity index (χ1n) is 12.5. The number of carbonyl (C=O) groups is 1. The monoisotopic (exact) mass is 482 g/mol. The Kier molecular flexibility index (Phi) is 7.50. The van der Waals surface area contributed by atoms with Crippen LogP contribution in [0.3, 0.4) is 0 Å². The number of sulfone groups is 1. The van der Waals surface area contributed by atoms with E-state index in [9.17, 15) is 13.2 Å². The van der Waals surface area contributed by atoms with Crippen molar-refractivity contribution in [3.8, 4) is 0 Å². The summed E-state index contributed by atoms with van der Waals surface area (Å²) in [6.07, 6.45) is 11.0. The molecule has 1 aromatic rings. The molecule has 33 heavy (non-hydrogen) atoms. The summed E-state index contributed by atoms with van der Waals surface area (Å²) in [6.45, 7) is 4.17. The summed E-state index contributed by atoms with van der Waals surface area (Å²) in [4.78, 5) is 12.9. The standard InChI is InChI=1S/C24H38N2O6S/c1-23(2,33(28,29)16-18-9-8-10-18)22(27)25-20-15-19(26-32-20)24(12-5-3-6-13-24)17-31-21-11-4-7-14-30-21/h15,18,21H,3-14,16-17H2,1-2H3,(H,25,27). The fraction of sp³-hybridized carbons (Fsp3) is 0.833. The smallest absolute Gasteiger partial charge is 0.247 e. The van der Waals surface area contributed by atoms with Gasteiger partial charge < -0.3 is 14.0 Å². The van der Waals surface area contributed by atoms with Gasteiger partial charge in [-0.2, -0.15) is 0 Å². The van der Waals surface area contributed by atoms with Crippen LogP contribution in [0.15, 0.2) is 10.6 Å². The molecule has 0 bridgehead atoms. The van der Waals surface area contributed by atoms with Gasteiger partial charge in [0.2, 0.25) is 11.8 Å². The van der Waals surface area contributed by atoms with Gasteiger partial charge in [0.1, 0.15) is 4.75 Å². The van der Waals surface area contributed by atoms with Crippen molar-refractivity contribution in [2.24, 2.45) is 5.92 Å². The molecule has 4 rings (SSSR count). The molecular weight excluding hydrogens is 444 g/mol. The van der Waals surface area contributed by atoms with Crippen LogP contribution in [0, 0.1) is 5.92 Å². The average Bonchev–Trinajstić information content (AvgIpc) is 3.25. The van der Waals surface area contributed by atoms with E-state index in [1.54, 1.807) is 6.07 Å². The van der Waals surface area contributed by atoms with Crippen LogP contribution >= 0.6 is 0 Å². The summed E-state index contributed by atoms with van der Waals surface area (Å²) < 4.78 is 41.6. The van der Waals surface area contributed by atoms with Crippen molar-refractivity contribution < 1.29 is 27.2 Å². The van der Waals surface area contributed by atoms with Crippen LogP contribution in [-0.4, -0.2) is 49.5 Å². The summed E-state index contributed by atoms with van der Waals surface area (Å²) in [5.74, 6) is -0.188. The van der Waals surface area contributed by atoms with Crippen LogP contribution < -0.4 is 5.32 Å². The van der Waals surface area contributed by atoms with E-state index in [-0.39, 0.29) is 29.3 Å². The maximum Gasteiger partial charge on any atom is 0.247 e. The van der Waals surface area contributed by atoms with E-state index in [4.69, 9.17) is 14.0 Å². The van der Waals surface area contributed by atoms with Crippen molar-refractivity contribution in [1.82, 2.24) is 5.16 Å². The number of aromatic nitrogens is 1. The molecule has 186 valence electrons. The van der Waals surface area contributed by atoms with Gasteiger partial charge in [0.05, 0.1) is 18.1 Å². The molecule has 3 fully saturated rings. The molecule has 0 spiro atoms. The fourth-order valence-electron chi connectivity index (χ4n) is 4.96. The van der Waals surface area contributed by atoms with Crippen LogP contribution in [0.4, 0.5) is 5.88 Å². The van der Waals surface area contributed by atoms with Crippen LogP contribution in [0.2, 0.25) is 0 Å². The van der Waals surface area contributed by atoms with E-state index in [1.165, 1.54) is 20.3 Å². The Bertz CT molecular complexity index is 909. The Morgan fingerprint density at radius 1 is 1.15 bits per heavy atom. The Morgan fingerprint density at radius 3 is 2.55 bits per heavy atom. The van der Waals surface area contributed by atoms with E-state index >= 15 is 0 Å². The number of hydrogen-bond acceptors (Lipinski definition) is 7. The normalized spacial score (nSPS) is 24.2. The van der Waals surface area contributed by atoms with Crippen molar-refractivity contribution in [2.75, 3.05) is 24.3 Å². The van der Waals surface area contributed by atoms with Gasteiger partial charge in [-0.25, -0.2) is 8.42 Å². The van der Waals surface area contributed by atoms with Crippen molar-refractivity contribution in [1.29, 1.82) is 0 Å². The first kappa shape index (κ1) is 24.7. The number of hydrogen-bond donors (Lipinski definition) is 1. The summed E-state index contributed by atoms with van der Waals surface area (Å²) >= 11 is 0. The molecule has 1 aliphatic heterocycles. The second-order valence-electron chi connectivity index (χ2n) is 10.6. The lowest BCUT2D eigenvalue weighted by Gasteiger charge is -2.36. The first-order valence-corrected chi connectivity index (χ1v) is 14.1. The molecule has 1 N–H and O–H groups in total. The number of carbonyl (C=O) groups excluding carboxylic acids is 1. The summed E-state index contributed by atoms with van der Waals surface area (Å²) in [5.41, 5.74) is 0.473. The lowest BCUT2D eigenvalue weighted by Crippen LogP contribution is -2.47. The van der Waals surface area contributed by atoms with Gasteiger partial charge in [0, 0.05) is 18.1 Å². The molecule has 9 heteroatoms. The zero-order valence-electron chi connectivity index (χ0n) is 19.9. The SMILES string of the molecule is CC(C)(C(=O)Nc1cc(C2(COC3CCCCO3)CCCCC2)no1)S(=O)(=O)CC1CCC1. The maximum absolute atomic E-state index is 12.9. The molecule has 1 unspecified atom stereocenters. The van der Waals surface area contributed by atoms with Crippen LogP contribution in [0.25, 0.3) is 0 Å². The number of nitrogens with one attached hydrogen (secondary N) is 1. The zero-order chi connectivity index (χ0) is 23.5. The van der Waals surface area contributed by atoms with Crippen molar-refractivity contribution in [3.63, 3.8) is 0 Å². The Morgan fingerprint density at radius 2 is 1.91 bits per heavy atom. The van der Waals surface area contributed by atoms with Gasteiger partial charge in [0.15, 0.2) is 16.1 Å². The van der Waals surface area contributed by atoms with Crippen LogP contribution in [0.5, 0.6) is 0 Å². The summed E-state index contributed by atoms with van der Waals surface area (Å²) in [6, 6.07) is 1.74. The number of nitrogens with zero attached hydrogens (tertiary/aromatic N) is 1. The third-order valence-electron chi connectivity index (χ3n) is 7.79. The second-order valence-corrected chi connectivity index (χ2v) is 13.2. The fourth-order valence-corrected chi connectivity index (χ4v) is 6.67. The predicted molar refractivity (Wildman–Crippen MR) is 125 cm³/mol. The topological polar surface area (TPSA) is 108 Å². The number of amides is 1. The van der Waals surface area contributed by atoms with Gasteiger partial charge in [-0.1, -0.05) is 30.8 Å². The van der Waals surface area contributed by atoms with Crippen molar-refractivity contribution in [3.05, 3.63) is 11.8 Å². The molecular formula is C24H38N2O6S. The third kappa shape index (κ3) is 5.46. The van der Waals surface area contributed by atoms with Gasteiger partial charge in [0.25, 0.3) is 0 Å². The van der Waals surface area contributed by atoms with Gasteiger partial charge in [-0.3, -0.25) is 10.1 Å². The average molecular weight is 483 g/mol. The minimum Gasteiger partial charge on any atom is -0.353 e. The third-order valence-corrected chi connectivity index (χ3v) is 10.4. The quantitative estimate of drug-likeness (QED) is 0.557. The summed E-state index contributed by atoms with van der Waals surface area (Å²) in [7, 11) is -3.59. The van der Waals surface area contributed by atoms with Gasteiger partial charge >= 0.3 is 0 Å². The Balaban J connectivity index is 1.43. The largest absolute Gasteiger partial charge is 0.353 e. The molecule has 2 saturated carbocycles. The molecule has 1 atom stereocenters. The predicted octanol–water partition coefficient (Wildman–Crippen LogP) is 4.35. The highest BCUT2D eigenvalue weighted by Gasteiger charge is 2.44. The highest BCUT2D eigenvalue weighted by Crippen LogP contribution is 2.41. The zero-order valence-corrected chi connectivity index (χ0v) is 20.8. The Labute approximate surface area is 197 Å². The van der Waals surface area contributed by atoms with Gasteiger partial charge in [-0.05, 0) is 64.7 Å². The lowest BCUT2D eigenvalue weighted by molar-refractivity contribution is -0.174. The van der Waals surface area contributed by atoms with Crippen LogP contribution in [0.1, 0.15) is 90.2 Å². The van der Waals surface area contributed by atoms with E-state index in [2.05, 4.69) is 10.5 Å². The van der Waals surface area contributed by atoms with E-state index in [0.717, 1.165) is 76.5 Å². The molecule has 2 heterocycles. The van der Waals surface area contributed by atoms with Gasteiger partial charge in [-0.15, -0.1) is 0 Å². The van der Waals surface area contributed by atoms with E-state index < -0.39 is 20.5 Å². The minimum atomic E-state index is -3.59. The summed E-state index contributed by atoms with van der Waals surface area (Å²) in [5, 5.41) is 6.95. The number of ether oxygens (including phenoxy) is 2. The number of anilines is 1. The molecule has 1 saturated heterocycles. The van der Waals surface area contributed by atoms with Crippen molar-refractivity contribution in [2.45, 2.75) is 101 Å². The molecule has 0 aromatic carbocycles. The molecule has 3 aliphatic rings. The van der Waals surface area contributed by atoms with E-state index in [0.29, 0.717) is 6.61 Å². The molecule has 0 radical (unpaired) electrons. The molecule has 1 amide bonds. The lowest BCUT2D eigenvalue weighted by atomic mass is 9.72. The highest BCUT2D eigenvalue weighted by molar-refractivity contribution is 7.93. The maximum atomic E-state index is 12.9. The molecule has 8 nitrogen and oxygen atoms in total. The molecule has 1 aromatic heterocycles. The minimum absolute atomic E-state index is 0.0543. The second kappa shape index (κ2) is 10.0. The van der Waals surface area contributed by atoms with Crippen LogP contribution in [-0.2, 0) is 29.5 Å². The number of rotatable bonds is 9. The Hall–Kier alpha value is -1.45. The molecule has 2 aliphatic carbocycles. The first-order chi connectivity index (χ1) is 15.7. The van der Waals surface area contributed by atoms with E-state index in [1.807, 2.05) is 0 Å². The van der Waals surface area contributed by atoms with Crippen molar-refractivity contribution >= 4 is 21.6 Å².